The maximum atomic E-state index is 12.0. The SMILES string of the molecule is N[C@@H]1CCC[C@H]1CC(=O)Nc1nnc(-c2ccco2)s1. The first-order valence-electron chi connectivity index (χ1n) is 6.65. The first kappa shape index (κ1) is 13.3. The molecule has 1 saturated carbocycles. The summed E-state index contributed by atoms with van der Waals surface area (Å²) >= 11 is 1.30. The summed E-state index contributed by atoms with van der Waals surface area (Å²) in [5.74, 6) is 0.891. The highest BCUT2D eigenvalue weighted by Gasteiger charge is 2.26. The average molecular weight is 292 g/mol. The summed E-state index contributed by atoms with van der Waals surface area (Å²) in [5, 5.41) is 11.9. The Labute approximate surface area is 120 Å². The number of hydrogen-bond donors (Lipinski definition) is 2. The predicted octanol–water partition coefficient (Wildman–Crippen LogP) is 2.25. The van der Waals surface area contributed by atoms with E-state index in [0.717, 1.165) is 19.3 Å². The van der Waals surface area contributed by atoms with E-state index in [-0.39, 0.29) is 17.9 Å². The van der Waals surface area contributed by atoms with Gasteiger partial charge in [0.05, 0.1) is 6.26 Å². The summed E-state index contributed by atoms with van der Waals surface area (Å²) in [6.07, 6.45) is 5.19. The monoisotopic (exact) mass is 292 g/mol. The Morgan fingerprint density at radius 2 is 2.40 bits per heavy atom. The lowest BCUT2D eigenvalue weighted by atomic mass is 10.00. The van der Waals surface area contributed by atoms with Gasteiger partial charge < -0.3 is 15.5 Å². The average Bonchev–Trinajstić information content (AvgIpc) is 3.12. The molecule has 1 aliphatic carbocycles. The lowest BCUT2D eigenvalue weighted by molar-refractivity contribution is -0.117. The zero-order valence-corrected chi connectivity index (χ0v) is 11.7. The highest BCUT2D eigenvalue weighted by molar-refractivity contribution is 7.18. The van der Waals surface area contributed by atoms with Crippen molar-refractivity contribution in [1.82, 2.24) is 10.2 Å². The van der Waals surface area contributed by atoms with Crippen LogP contribution >= 0.6 is 11.3 Å². The van der Waals surface area contributed by atoms with Crippen LogP contribution in [0.2, 0.25) is 0 Å². The smallest absolute Gasteiger partial charge is 0.226 e. The third-order valence-corrected chi connectivity index (χ3v) is 4.42. The number of nitrogens with two attached hydrogens (primary N) is 1. The van der Waals surface area contributed by atoms with E-state index in [1.165, 1.54) is 11.3 Å². The molecule has 2 aromatic rings. The van der Waals surface area contributed by atoms with E-state index in [9.17, 15) is 4.79 Å². The number of furan rings is 1. The Morgan fingerprint density at radius 3 is 3.10 bits per heavy atom. The van der Waals surface area contributed by atoms with Crippen molar-refractivity contribution in [1.29, 1.82) is 0 Å². The van der Waals surface area contributed by atoms with Gasteiger partial charge in [0.1, 0.15) is 0 Å². The molecular formula is C13H16N4O2S. The Bertz CT molecular complexity index is 581. The first-order chi connectivity index (χ1) is 9.72. The van der Waals surface area contributed by atoms with Crippen molar-refractivity contribution < 1.29 is 9.21 Å². The molecular weight excluding hydrogens is 276 g/mol. The molecule has 20 heavy (non-hydrogen) atoms. The number of aromatic nitrogens is 2. The van der Waals surface area contributed by atoms with Crippen LogP contribution in [0.4, 0.5) is 5.13 Å². The molecule has 2 heterocycles. The van der Waals surface area contributed by atoms with Gasteiger partial charge in [-0.15, -0.1) is 10.2 Å². The third-order valence-electron chi connectivity index (χ3n) is 3.57. The maximum Gasteiger partial charge on any atom is 0.226 e. The van der Waals surface area contributed by atoms with Gasteiger partial charge in [0.15, 0.2) is 10.8 Å². The van der Waals surface area contributed by atoms with Crippen molar-refractivity contribution in [2.75, 3.05) is 5.32 Å². The standard InChI is InChI=1S/C13H16N4O2S/c14-9-4-1-3-8(9)7-11(18)15-13-17-16-12(20-13)10-5-2-6-19-10/h2,5-6,8-9H,1,3-4,7,14H2,(H,15,17,18)/t8-,9+/m0/s1. The number of nitrogens with one attached hydrogen (secondary N) is 1. The van der Waals surface area contributed by atoms with Crippen LogP contribution in [0.1, 0.15) is 25.7 Å². The number of rotatable bonds is 4. The Balaban J connectivity index is 1.59. The molecule has 0 radical (unpaired) electrons. The fourth-order valence-electron chi connectivity index (χ4n) is 2.50. The van der Waals surface area contributed by atoms with Crippen LogP contribution in [-0.4, -0.2) is 22.1 Å². The second-order valence-corrected chi connectivity index (χ2v) is 5.97. The highest BCUT2D eigenvalue weighted by Crippen LogP contribution is 2.29. The third kappa shape index (κ3) is 2.88. The Morgan fingerprint density at radius 1 is 1.50 bits per heavy atom. The van der Waals surface area contributed by atoms with Gasteiger partial charge in [-0.2, -0.15) is 0 Å². The summed E-state index contributed by atoms with van der Waals surface area (Å²) < 4.78 is 5.24. The largest absolute Gasteiger partial charge is 0.462 e. The summed E-state index contributed by atoms with van der Waals surface area (Å²) in [4.78, 5) is 12.0. The minimum atomic E-state index is -0.0468. The molecule has 0 unspecified atom stereocenters. The lowest BCUT2D eigenvalue weighted by Gasteiger charge is -2.13. The van der Waals surface area contributed by atoms with Crippen LogP contribution in [-0.2, 0) is 4.79 Å². The van der Waals surface area contributed by atoms with Crippen LogP contribution in [0, 0.1) is 5.92 Å². The lowest BCUT2D eigenvalue weighted by Crippen LogP contribution is -2.28. The number of nitrogens with zero attached hydrogens (tertiary/aromatic N) is 2. The molecule has 1 aliphatic rings. The van der Waals surface area contributed by atoms with Gasteiger partial charge in [-0.25, -0.2) is 0 Å². The molecule has 3 rings (SSSR count). The summed E-state index contributed by atoms with van der Waals surface area (Å²) in [6, 6.07) is 3.74. The summed E-state index contributed by atoms with van der Waals surface area (Å²) in [6.45, 7) is 0. The van der Waals surface area contributed by atoms with E-state index in [1.54, 1.807) is 12.3 Å². The molecule has 0 saturated heterocycles. The van der Waals surface area contributed by atoms with E-state index < -0.39 is 0 Å². The molecule has 1 amide bonds. The summed E-state index contributed by atoms with van der Waals surface area (Å²) in [7, 11) is 0. The van der Waals surface area contributed by atoms with Crippen LogP contribution in [0.25, 0.3) is 10.8 Å². The zero-order chi connectivity index (χ0) is 13.9. The van der Waals surface area contributed by atoms with E-state index >= 15 is 0 Å². The number of hydrogen-bond acceptors (Lipinski definition) is 6. The second kappa shape index (κ2) is 5.72. The number of anilines is 1. The number of carbonyl (C=O) groups is 1. The van der Waals surface area contributed by atoms with Gasteiger partial charge in [-0.1, -0.05) is 17.8 Å². The molecule has 3 N–H and O–H groups in total. The van der Waals surface area contributed by atoms with E-state index in [0.29, 0.717) is 22.3 Å². The van der Waals surface area contributed by atoms with E-state index in [2.05, 4.69) is 15.5 Å². The Kier molecular flexibility index (Phi) is 3.79. The molecule has 0 aliphatic heterocycles. The molecule has 106 valence electrons. The molecule has 0 aromatic carbocycles. The van der Waals surface area contributed by atoms with Crippen molar-refractivity contribution in [3.05, 3.63) is 18.4 Å². The quantitative estimate of drug-likeness (QED) is 0.901. The topological polar surface area (TPSA) is 94.0 Å². The van der Waals surface area contributed by atoms with Gasteiger partial charge in [-0.05, 0) is 30.9 Å². The van der Waals surface area contributed by atoms with Gasteiger partial charge in [0.2, 0.25) is 11.0 Å². The zero-order valence-electron chi connectivity index (χ0n) is 10.9. The fraction of sp³-hybridized carbons (Fsp3) is 0.462. The van der Waals surface area contributed by atoms with Crippen molar-refractivity contribution in [2.45, 2.75) is 31.7 Å². The van der Waals surface area contributed by atoms with Crippen LogP contribution in [0.3, 0.4) is 0 Å². The predicted molar refractivity (Wildman–Crippen MR) is 76.2 cm³/mol. The second-order valence-electron chi connectivity index (χ2n) is 5.00. The van der Waals surface area contributed by atoms with Crippen molar-refractivity contribution >= 4 is 22.4 Å². The van der Waals surface area contributed by atoms with Crippen LogP contribution < -0.4 is 11.1 Å². The molecule has 6 nitrogen and oxygen atoms in total. The van der Waals surface area contributed by atoms with Crippen LogP contribution in [0.5, 0.6) is 0 Å². The van der Waals surface area contributed by atoms with Crippen LogP contribution in [0.15, 0.2) is 22.8 Å². The van der Waals surface area contributed by atoms with Gasteiger partial charge in [0, 0.05) is 12.5 Å². The minimum Gasteiger partial charge on any atom is -0.462 e. The molecule has 2 aromatic heterocycles. The van der Waals surface area contributed by atoms with Crippen molar-refractivity contribution in [2.24, 2.45) is 11.7 Å². The maximum absolute atomic E-state index is 12.0. The summed E-state index contributed by atoms with van der Waals surface area (Å²) in [5.41, 5.74) is 5.97. The highest BCUT2D eigenvalue weighted by atomic mass is 32.1. The molecule has 2 atom stereocenters. The van der Waals surface area contributed by atoms with Crippen molar-refractivity contribution in [3.63, 3.8) is 0 Å². The Hall–Kier alpha value is -1.73. The molecule has 1 fully saturated rings. The number of carbonyl (C=O) groups excluding carboxylic acids is 1. The first-order valence-corrected chi connectivity index (χ1v) is 7.47. The molecule has 7 heteroatoms. The van der Waals surface area contributed by atoms with Crippen molar-refractivity contribution in [3.8, 4) is 10.8 Å². The van der Waals surface area contributed by atoms with E-state index in [4.69, 9.17) is 10.2 Å². The molecule has 0 spiro atoms. The van der Waals surface area contributed by atoms with E-state index in [1.807, 2.05) is 6.07 Å². The minimum absolute atomic E-state index is 0.0468. The van der Waals surface area contributed by atoms with Gasteiger partial charge in [-0.3, -0.25) is 4.79 Å². The number of amides is 1. The molecule has 0 bridgehead atoms. The van der Waals surface area contributed by atoms with Gasteiger partial charge >= 0.3 is 0 Å². The van der Waals surface area contributed by atoms with Gasteiger partial charge in [0.25, 0.3) is 0 Å². The fourth-order valence-corrected chi connectivity index (χ4v) is 3.23. The normalized spacial score (nSPS) is 22.1.